The molecule has 0 aliphatic heterocycles. The lowest BCUT2D eigenvalue weighted by atomic mass is 10.2. The number of aromatic nitrogens is 2. The molecule has 0 bridgehead atoms. The zero-order valence-corrected chi connectivity index (χ0v) is 13.1. The predicted octanol–water partition coefficient (Wildman–Crippen LogP) is 5.07. The molecule has 0 radical (unpaired) electrons. The van der Waals surface area contributed by atoms with E-state index in [4.69, 9.17) is 12.2 Å². The average molecular weight is 333 g/mol. The van der Waals surface area contributed by atoms with Crippen LogP contribution in [-0.2, 0) is 0 Å². The number of aromatic amines is 1. The first-order chi connectivity index (χ1) is 9.08. The van der Waals surface area contributed by atoms with Gasteiger partial charge >= 0.3 is 0 Å². The molecule has 96 valence electrons. The third-order valence-corrected chi connectivity index (χ3v) is 4.22. The molecule has 19 heavy (non-hydrogen) atoms. The van der Waals surface area contributed by atoms with E-state index < -0.39 is 0 Å². The number of fused-ring (bicyclic) bond motifs is 1. The number of benzene rings is 2. The summed E-state index contributed by atoms with van der Waals surface area (Å²) < 4.78 is 3.83. The molecule has 0 unspecified atom stereocenters. The van der Waals surface area contributed by atoms with Crippen molar-refractivity contribution in [2.24, 2.45) is 0 Å². The molecule has 0 aliphatic carbocycles. The van der Waals surface area contributed by atoms with E-state index in [1.54, 1.807) is 0 Å². The second-order valence-electron chi connectivity index (χ2n) is 4.69. The number of hydrogen-bond acceptors (Lipinski definition) is 1. The fourth-order valence-corrected chi connectivity index (χ4v) is 3.03. The summed E-state index contributed by atoms with van der Waals surface area (Å²) in [5.41, 5.74) is 5.69. The summed E-state index contributed by atoms with van der Waals surface area (Å²) in [4.78, 5) is 3.30. The number of halogens is 1. The highest BCUT2D eigenvalue weighted by atomic mass is 79.9. The Balaban J connectivity index is 2.43. The second-order valence-corrected chi connectivity index (χ2v) is 5.93. The van der Waals surface area contributed by atoms with Crippen molar-refractivity contribution in [2.45, 2.75) is 13.8 Å². The number of para-hydroxylation sites is 1. The minimum atomic E-state index is 0.718. The Bertz CT molecular complexity index is 830. The van der Waals surface area contributed by atoms with Gasteiger partial charge in [0.05, 0.1) is 16.7 Å². The number of nitrogens with zero attached hydrogens (tertiary/aromatic N) is 1. The van der Waals surface area contributed by atoms with E-state index in [2.05, 4.69) is 75.7 Å². The molecule has 3 rings (SSSR count). The van der Waals surface area contributed by atoms with Crippen LogP contribution in [0.1, 0.15) is 11.1 Å². The zero-order chi connectivity index (χ0) is 13.6. The number of rotatable bonds is 1. The van der Waals surface area contributed by atoms with Gasteiger partial charge in [0.25, 0.3) is 0 Å². The fraction of sp³-hybridized carbons (Fsp3) is 0.133. The van der Waals surface area contributed by atoms with Crippen LogP contribution in [0.3, 0.4) is 0 Å². The molecule has 1 aromatic heterocycles. The van der Waals surface area contributed by atoms with E-state index in [1.807, 2.05) is 0 Å². The van der Waals surface area contributed by atoms with Gasteiger partial charge in [-0.2, -0.15) is 0 Å². The van der Waals surface area contributed by atoms with E-state index in [9.17, 15) is 0 Å². The fourth-order valence-electron chi connectivity index (χ4n) is 2.31. The van der Waals surface area contributed by atoms with Crippen molar-refractivity contribution < 1.29 is 0 Å². The molecule has 3 aromatic rings. The van der Waals surface area contributed by atoms with Crippen molar-refractivity contribution >= 4 is 39.2 Å². The molecule has 0 aliphatic rings. The lowest BCUT2D eigenvalue weighted by Gasteiger charge is -2.08. The van der Waals surface area contributed by atoms with Gasteiger partial charge < -0.3 is 4.98 Å². The number of hydrogen-bond donors (Lipinski definition) is 1. The van der Waals surface area contributed by atoms with E-state index >= 15 is 0 Å². The summed E-state index contributed by atoms with van der Waals surface area (Å²) in [7, 11) is 0. The van der Waals surface area contributed by atoms with Gasteiger partial charge in [0.2, 0.25) is 0 Å². The topological polar surface area (TPSA) is 20.7 Å². The van der Waals surface area contributed by atoms with Crippen molar-refractivity contribution in [1.29, 1.82) is 0 Å². The Hall–Kier alpha value is -1.39. The zero-order valence-electron chi connectivity index (χ0n) is 10.7. The first kappa shape index (κ1) is 12.6. The van der Waals surface area contributed by atoms with Gasteiger partial charge in [-0.25, -0.2) is 0 Å². The minimum absolute atomic E-state index is 0.718. The highest BCUT2D eigenvalue weighted by molar-refractivity contribution is 9.10. The summed E-state index contributed by atoms with van der Waals surface area (Å²) in [6.45, 7) is 4.17. The van der Waals surface area contributed by atoms with Gasteiger partial charge in [0.15, 0.2) is 4.77 Å². The van der Waals surface area contributed by atoms with E-state index in [0.717, 1.165) is 26.0 Å². The quantitative estimate of drug-likeness (QED) is 0.617. The Morgan fingerprint density at radius 3 is 2.74 bits per heavy atom. The van der Waals surface area contributed by atoms with Gasteiger partial charge in [0, 0.05) is 4.47 Å². The van der Waals surface area contributed by atoms with Gasteiger partial charge in [-0.05, 0) is 71.3 Å². The monoisotopic (exact) mass is 332 g/mol. The molecule has 0 amide bonds. The molecule has 1 N–H and O–H groups in total. The molecule has 0 atom stereocenters. The summed E-state index contributed by atoms with van der Waals surface area (Å²) >= 11 is 9.09. The molecule has 4 heteroatoms. The maximum Gasteiger partial charge on any atom is 0.182 e. The Kier molecular flexibility index (Phi) is 3.07. The predicted molar refractivity (Wildman–Crippen MR) is 85.6 cm³/mol. The van der Waals surface area contributed by atoms with Crippen LogP contribution in [0.2, 0.25) is 0 Å². The van der Waals surface area contributed by atoms with Crippen LogP contribution < -0.4 is 0 Å². The second kappa shape index (κ2) is 4.62. The summed E-state index contributed by atoms with van der Waals surface area (Å²) in [6, 6.07) is 12.5. The van der Waals surface area contributed by atoms with Crippen LogP contribution in [-0.4, -0.2) is 9.55 Å². The van der Waals surface area contributed by atoms with Crippen molar-refractivity contribution in [1.82, 2.24) is 9.55 Å². The third-order valence-electron chi connectivity index (χ3n) is 3.27. The van der Waals surface area contributed by atoms with E-state index in [1.165, 1.54) is 11.1 Å². The van der Waals surface area contributed by atoms with Crippen molar-refractivity contribution in [2.75, 3.05) is 0 Å². The largest absolute Gasteiger partial charge is 0.330 e. The number of imidazole rings is 1. The highest BCUT2D eigenvalue weighted by Gasteiger charge is 2.10. The SMILES string of the molecule is Cc1ccc(Br)c(-n2c(=S)[nH]c3c(C)cccc32)c1. The normalized spacial score (nSPS) is 11.1. The van der Waals surface area contributed by atoms with Gasteiger partial charge in [0.1, 0.15) is 0 Å². The summed E-state index contributed by atoms with van der Waals surface area (Å²) in [5.74, 6) is 0. The van der Waals surface area contributed by atoms with Crippen LogP contribution in [0.15, 0.2) is 40.9 Å². The smallest absolute Gasteiger partial charge is 0.182 e. The number of nitrogens with one attached hydrogen (secondary N) is 1. The Labute approximate surface area is 125 Å². The molecular weight excluding hydrogens is 320 g/mol. The molecule has 2 aromatic carbocycles. The molecular formula is C15H13BrN2S. The molecule has 0 fully saturated rings. The Morgan fingerprint density at radius 2 is 1.95 bits per heavy atom. The molecule has 0 saturated carbocycles. The third kappa shape index (κ3) is 2.05. The minimum Gasteiger partial charge on any atom is -0.330 e. The van der Waals surface area contributed by atoms with E-state index in [-0.39, 0.29) is 0 Å². The lowest BCUT2D eigenvalue weighted by Crippen LogP contribution is -1.96. The first-order valence-corrected chi connectivity index (χ1v) is 7.25. The number of H-pyrrole nitrogens is 1. The maximum absolute atomic E-state index is 5.48. The average Bonchev–Trinajstić information content (AvgIpc) is 2.70. The van der Waals surface area contributed by atoms with E-state index in [0.29, 0.717) is 0 Å². The van der Waals surface area contributed by atoms with Crippen LogP contribution >= 0.6 is 28.1 Å². The molecule has 2 nitrogen and oxygen atoms in total. The van der Waals surface area contributed by atoms with Crippen LogP contribution in [0, 0.1) is 18.6 Å². The van der Waals surface area contributed by atoms with Crippen molar-refractivity contribution in [3.63, 3.8) is 0 Å². The summed E-state index contributed by atoms with van der Waals surface area (Å²) in [5, 5.41) is 0. The van der Waals surface area contributed by atoms with Crippen molar-refractivity contribution in [3.8, 4) is 5.69 Å². The van der Waals surface area contributed by atoms with Gasteiger partial charge in [-0.1, -0.05) is 18.2 Å². The number of aryl methyl sites for hydroxylation is 2. The first-order valence-electron chi connectivity index (χ1n) is 6.05. The maximum atomic E-state index is 5.48. The lowest BCUT2D eigenvalue weighted by molar-refractivity contribution is 1.05. The highest BCUT2D eigenvalue weighted by Crippen LogP contribution is 2.27. The Morgan fingerprint density at radius 1 is 1.16 bits per heavy atom. The van der Waals surface area contributed by atoms with Crippen LogP contribution in [0.25, 0.3) is 16.7 Å². The molecule has 0 saturated heterocycles. The van der Waals surface area contributed by atoms with Gasteiger partial charge in [-0.15, -0.1) is 0 Å². The van der Waals surface area contributed by atoms with Crippen LogP contribution in [0.4, 0.5) is 0 Å². The van der Waals surface area contributed by atoms with Crippen molar-refractivity contribution in [3.05, 3.63) is 56.8 Å². The standard InChI is InChI=1S/C15H13BrN2S/c1-9-6-7-11(16)13(8-9)18-12-5-3-4-10(2)14(12)17-15(18)19/h3-8H,1-2H3,(H,17,19). The van der Waals surface area contributed by atoms with Gasteiger partial charge in [-0.3, -0.25) is 4.57 Å². The molecule has 1 heterocycles. The van der Waals surface area contributed by atoms with Crippen LogP contribution in [0.5, 0.6) is 0 Å². The molecule has 0 spiro atoms. The summed E-state index contributed by atoms with van der Waals surface area (Å²) in [6.07, 6.45) is 0.